The van der Waals surface area contributed by atoms with Gasteiger partial charge in [0.15, 0.2) is 11.5 Å². The van der Waals surface area contributed by atoms with E-state index >= 15 is 0 Å². The van der Waals surface area contributed by atoms with Gasteiger partial charge in [-0.3, -0.25) is 9.78 Å². The Morgan fingerprint density at radius 3 is 2.67 bits per heavy atom. The highest BCUT2D eigenvalue weighted by molar-refractivity contribution is 7.09. The van der Waals surface area contributed by atoms with Gasteiger partial charge in [0.25, 0.3) is 5.91 Å². The van der Waals surface area contributed by atoms with Gasteiger partial charge in [-0.15, -0.1) is 11.3 Å². The fourth-order valence-electron chi connectivity index (χ4n) is 2.86. The predicted molar refractivity (Wildman–Crippen MR) is 127 cm³/mol. The first kappa shape index (κ1) is 22.6. The lowest BCUT2D eigenvalue weighted by Gasteiger charge is -2.12. The van der Waals surface area contributed by atoms with E-state index in [1.54, 1.807) is 67.3 Å². The molecule has 4 aromatic rings. The van der Waals surface area contributed by atoms with Crippen LogP contribution in [0.4, 0.5) is 5.69 Å². The first-order chi connectivity index (χ1) is 16.1. The van der Waals surface area contributed by atoms with E-state index in [0.29, 0.717) is 45.3 Å². The zero-order chi connectivity index (χ0) is 23.0. The van der Waals surface area contributed by atoms with Crippen LogP contribution in [-0.4, -0.2) is 23.0 Å². The Hall–Kier alpha value is -3.62. The van der Waals surface area contributed by atoms with E-state index in [0.717, 1.165) is 5.56 Å². The molecule has 0 aliphatic carbocycles. The van der Waals surface area contributed by atoms with Gasteiger partial charge in [0.1, 0.15) is 29.7 Å². The fourth-order valence-corrected chi connectivity index (χ4v) is 3.68. The number of amides is 1. The molecule has 33 heavy (non-hydrogen) atoms. The number of hydrogen-bond acceptors (Lipinski definition) is 7. The zero-order valence-corrected chi connectivity index (χ0v) is 19.2. The molecule has 4 rings (SSSR count). The van der Waals surface area contributed by atoms with Crippen molar-refractivity contribution in [3.05, 3.63) is 93.7 Å². The van der Waals surface area contributed by atoms with Crippen molar-refractivity contribution in [2.45, 2.75) is 13.2 Å². The topological polar surface area (TPSA) is 82.6 Å². The predicted octanol–water partition coefficient (Wildman–Crippen LogP) is 5.61. The molecule has 0 fully saturated rings. The number of thiazole rings is 1. The molecule has 0 saturated carbocycles. The summed E-state index contributed by atoms with van der Waals surface area (Å²) in [6.07, 6.45) is 3.43. The molecule has 168 valence electrons. The maximum atomic E-state index is 12.7. The minimum absolute atomic E-state index is 0.258. The van der Waals surface area contributed by atoms with Crippen molar-refractivity contribution in [2.24, 2.45) is 0 Å². The number of benzene rings is 2. The number of nitrogens with one attached hydrogen (secondary N) is 1. The van der Waals surface area contributed by atoms with Gasteiger partial charge in [0.2, 0.25) is 0 Å². The summed E-state index contributed by atoms with van der Waals surface area (Å²) in [6, 6.07) is 16.0. The van der Waals surface area contributed by atoms with Crippen molar-refractivity contribution in [1.29, 1.82) is 0 Å². The molecule has 0 atom stereocenters. The normalized spacial score (nSPS) is 10.5. The number of ether oxygens (including phenoxy) is 3. The smallest absolute Gasteiger partial charge is 0.275 e. The highest BCUT2D eigenvalue weighted by Crippen LogP contribution is 2.31. The maximum absolute atomic E-state index is 12.7. The van der Waals surface area contributed by atoms with E-state index in [1.807, 2.05) is 12.1 Å². The molecule has 9 heteroatoms. The number of hydrogen-bond donors (Lipinski definition) is 1. The van der Waals surface area contributed by atoms with E-state index in [4.69, 9.17) is 25.8 Å². The maximum Gasteiger partial charge on any atom is 0.275 e. The summed E-state index contributed by atoms with van der Waals surface area (Å²) in [6.45, 7) is 0.582. The molecule has 0 spiro atoms. The lowest BCUT2D eigenvalue weighted by atomic mass is 10.2. The molecule has 2 heterocycles. The second-order valence-corrected chi connectivity index (χ2v) is 8.22. The molecule has 2 aromatic carbocycles. The molecule has 0 unspecified atom stereocenters. The third-order valence-electron chi connectivity index (χ3n) is 4.50. The summed E-state index contributed by atoms with van der Waals surface area (Å²) < 4.78 is 16.9. The highest BCUT2D eigenvalue weighted by atomic mass is 35.5. The lowest BCUT2D eigenvalue weighted by Crippen LogP contribution is -2.13. The van der Waals surface area contributed by atoms with Gasteiger partial charge >= 0.3 is 0 Å². The fraction of sp³-hybridized carbons (Fsp3) is 0.125. The molecule has 0 aliphatic heterocycles. The van der Waals surface area contributed by atoms with E-state index in [9.17, 15) is 4.79 Å². The second kappa shape index (κ2) is 10.8. The van der Waals surface area contributed by atoms with Crippen LogP contribution in [0.2, 0.25) is 5.02 Å². The van der Waals surface area contributed by atoms with Gasteiger partial charge < -0.3 is 19.5 Å². The largest absolute Gasteiger partial charge is 0.493 e. The number of nitrogens with zero attached hydrogens (tertiary/aromatic N) is 2. The van der Waals surface area contributed by atoms with Crippen LogP contribution in [0.5, 0.6) is 17.2 Å². The molecule has 7 nitrogen and oxygen atoms in total. The molecule has 0 aliphatic rings. The summed E-state index contributed by atoms with van der Waals surface area (Å²) in [5.74, 6) is 1.42. The Kier molecular flexibility index (Phi) is 7.39. The Morgan fingerprint density at radius 1 is 1.06 bits per heavy atom. The second-order valence-electron chi connectivity index (χ2n) is 6.84. The number of halogens is 1. The Balaban J connectivity index is 1.38. The van der Waals surface area contributed by atoms with Crippen LogP contribution in [0.3, 0.4) is 0 Å². The summed E-state index contributed by atoms with van der Waals surface area (Å²) in [4.78, 5) is 21.1. The number of methoxy groups -OCH3 is 1. The molecular formula is C24H20ClN3O4S. The van der Waals surface area contributed by atoms with Gasteiger partial charge in [-0.05, 0) is 42.5 Å². The van der Waals surface area contributed by atoms with E-state index in [-0.39, 0.29) is 12.5 Å². The van der Waals surface area contributed by atoms with Crippen molar-refractivity contribution in [2.75, 3.05) is 12.4 Å². The van der Waals surface area contributed by atoms with Crippen molar-refractivity contribution >= 4 is 34.5 Å². The average Bonchev–Trinajstić information content (AvgIpc) is 3.32. The van der Waals surface area contributed by atoms with Crippen molar-refractivity contribution in [1.82, 2.24) is 9.97 Å². The quantitative estimate of drug-likeness (QED) is 0.334. The van der Waals surface area contributed by atoms with E-state index < -0.39 is 0 Å². The van der Waals surface area contributed by atoms with Crippen LogP contribution in [-0.2, 0) is 13.2 Å². The molecule has 1 amide bonds. The number of carbonyl (C=O) groups excluding carboxylic acids is 1. The van der Waals surface area contributed by atoms with Crippen molar-refractivity contribution in [3.8, 4) is 17.2 Å². The first-order valence-electron chi connectivity index (χ1n) is 9.94. The lowest BCUT2D eigenvalue weighted by molar-refractivity contribution is 0.102. The third-order valence-corrected chi connectivity index (χ3v) is 5.57. The summed E-state index contributed by atoms with van der Waals surface area (Å²) in [5.41, 5.74) is 1.79. The van der Waals surface area contributed by atoms with Crippen LogP contribution >= 0.6 is 22.9 Å². The van der Waals surface area contributed by atoms with E-state index in [2.05, 4.69) is 15.3 Å². The van der Waals surface area contributed by atoms with Crippen molar-refractivity contribution < 1.29 is 19.0 Å². The summed E-state index contributed by atoms with van der Waals surface area (Å²) in [5, 5.41) is 5.86. The highest BCUT2D eigenvalue weighted by Gasteiger charge is 2.14. The average molecular weight is 482 g/mol. The van der Waals surface area contributed by atoms with Crippen molar-refractivity contribution in [3.63, 3.8) is 0 Å². The van der Waals surface area contributed by atoms with E-state index in [1.165, 1.54) is 11.3 Å². The standard InChI is InChI=1S/C24H20ClN3O4S/c1-30-21-9-6-18(11-22(21)32-13-16-3-2-10-26-12-16)27-24(29)20-15-33-23(28-20)14-31-19-7-4-17(25)5-8-19/h2-12,15H,13-14H2,1H3,(H,27,29). The van der Waals surface area contributed by atoms with Crippen LogP contribution in [0.25, 0.3) is 0 Å². The Morgan fingerprint density at radius 2 is 1.91 bits per heavy atom. The van der Waals surface area contributed by atoms with Crippen LogP contribution in [0.1, 0.15) is 21.1 Å². The van der Waals surface area contributed by atoms with Gasteiger partial charge in [-0.25, -0.2) is 4.98 Å². The van der Waals surface area contributed by atoms with Gasteiger partial charge in [-0.2, -0.15) is 0 Å². The number of rotatable bonds is 9. The zero-order valence-electron chi connectivity index (χ0n) is 17.7. The van der Waals surface area contributed by atoms with Crippen LogP contribution < -0.4 is 19.5 Å². The number of anilines is 1. The first-order valence-corrected chi connectivity index (χ1v) is 11.2. The van der Waals surface area contributed by atoms with Gasteiger partial charge in [0, 0.05) is 40.1 Å². The number of pyridine rings is 1. The molecule has 0 saturated heterocycles. The molecule has 2 aromatic heterocycles. The third kappa shape index (κ3) is 6.21. The SMILES string of the molecule is COc1ccc(NC(=O)c2csc(COc3ccc(Cl)cc3)n2)cc1OCc1cccnc1. The molecule has 1 N–H and O–H groups in total. The Bertz CT molecular complexity index is 1220. The number of aromatic nitrogens is 2. The van der Waals surface area contributed by atoms with Crippen LogP contribution in [0, 0.1) is 0 Å². The Labute approximate surface area is 199 Å². The summed E-state index contributed by atoms with van der Waals surface area (Å²) >= 11 is 7.23. The van der Waals surface area contributed by atoms with Crippen LogP contribution in [0.15, 0.2) is 72.4 Å². The van der Waals surface area contributed by atoms with Gasteiger partial charge in [-0.1, -0.05) is 17.7 Å². The monoisotopic (exact) mass is 481 g/mol. The minimum Gasteiger partial charge on any atom is -0.493 e. The summed E-state index contributed by atoms with van der Waals surface area (Å²) in [7, 11) is 1.56. The molecular weight excluding hydrogens is 462 g/mol. The minimum atomic E-state index is -0.327. The number of carbonyl (C=O) groups is 1. The molecule has 0 radical (unpaired) electrons. The molecule has 0 bridgehead atoms. The van der Waals surface area contributed by atoms with Gasteiger partial charge in [0.05, 0.1) is 7.11 Å².